The van der Waals surface area contributed by atoms with Gasteiger partial charge in [0.15, 0.2) is 11.5 Å². The average Bonchev–Trinajstić information content (AvgIpc) is 3.28. The van der Waals surface area contributed by atoms with Gasteiger partial charge in [-0.25, -0.2) is 4.98 Å². The molecule has 3 atom stereocenters. The van der Waals surface area contributed by atoms with Crippen molar-refractivity contribution in [3.8, 4) is 11.5 Å². The predicted octanol–water partition coefficient (Wildman–Crippen LogP) is 2.98. The zero-order chi connectivity index (χ0) is 17.9. The number of benzene rings is 1. The molecule has 26 heavy (non-hydrogen) atoms. The van der Waals surface area contributed by atoms with Gasteiger partial charge in [-0.05, 0) is 50.3 Å². The molecule has 0 amide bonds. The van der Waals surface area contributed by atoms with Crippen LogP contribution in [0, 0.1) is 0 Å². The highest BCUT2D eigenvalue weighted by Crippen LogP contribution is 2.33. The van der Waals surface area contributed by atoms with Crippen LogP contribution in [0.15, 0.2) is 30.7 Å². The zero-order valence-electron chi connectivity index (χ0n) is 15.5. The molecular formula is C20H27N3O3. The fourth-order valence-electron chi connectivity index (χ4n) is 3.80. The van der Waals surface area contributed by atoms with Gasteiger partial charge in [-0.3, -0.25) is 0 Å². The Bertz CT molecular complexity index is 746. The lowest BCUT2D eigenvalue weighted by Gasteiger charge is -2.32. The SMILES string of the molecule is C[C@H](CCc1ccc2c(c1)OCO2)N[C@@H]1CCO[C@@H](c2cncn2C)C1. The number of aryl methyl sites for hydroxylation is 2. The van der Waals surface area contributed by atoms with E-state index in [0.29, 0.717) is 18.9 Å². The highest BCUT2D eigenvalue weighted by atomic mass is 16.7. The van der Waals surface area contributed by atoms with Crippen molar-refractivity contribution in [3.05, 3.63) is 42.0 Å². The summed E-state index contributed by atoms with van der Waals surface area (Å²) in [6.07, 6.45) is 8.05. The van der Waals surface area contributed by atoms with Crippen LogP contribution in [0.1, 0.15) is 43.5 Å². The fourth-order valence-corrected chi connectivity index (χ4v) is 3.80. The molecule has 1 fully saturated rings. The maximum atomic E-state index is 5.96. The molecule has 0 aliphatic carbocycles. The second-order valence-corrected chi connectivity index (χ2v) is 7.30. The number of hydrogen-bond acceptors (Lipinski definition) is 5. The second kappa shape index (κ2) is 7.68. The Morgan fingerprint density at radius 2 is 2.19 bits per heavy atom. The van der Waals surface area contributed by atoms with Crippen molar-refractivity contribution in [2.75, 3.05) is 13.4 Å². The summed E-state index contributed by atoms with van der Waals surface area (Å²) in [5.41, 5.74) is 2.45. The van der Waals surface area contributed by atoms with Gasteiger partial charge in [0.2, 0.25) is 6.79 Å². The first-order valence-corrected chi connectivity index (χ1v) is 9.41. The third-order valence-corrected chi connectivity index (χ3v) is 5.29. The van der Waals surface area contributed by atoms with Crippen molar-refractivity contribution in [2.45, 2.75) is 50.8 Å². The van der Waals surface area contributed by atoms with Gasteiger partial charge in [-0.2, -0.15) is 0 Å². The molecule has 140 valence electrons. The minimum absolute atomic E-state index is 0.134. The van der Waals surface area contributed by atoms with E-state index >= 15 is 0 Å². The van der Waals surface area contributed by atoms with Crippen molar-refractivity contribution in [2.24, 2.45) is 7.05 Å². The lowest BCUT2D eigenvalue weighted by molar-refractivity contribution is -0.00545. The summed E-state index contributed by atoms with van der Waals surface area (Å²) in [7, 11) is 2.02. The molecule has 6 heteroatoms. The summed E-state index contributed by atoms with van der Waals surface area (Å²) >= 11 is 0. The zero-order valence-corrected chi connectivity index (χ0v) is 15.5. The smallest absolute Gasteiger partial charge is 0.231 e. The molecule has 1 N–H and O–H groups in total. The monoisotopic (exact) mass is 357 g/mol. The van der Waals surface area contributed by atoms with Crippen molar-refractivity contribution in [3.63, 3.8) is 0 Å². The number of imidazole rings is 1. The molecule has 4 rings (SSSR count). The molecule has 2 aliphatic rings. The molecule has 0 radical (unpaired) electrons. The van der Waals surface area contributed by atoms with Gasteiger partial charge in [-0.1, -0.05) is 6.07 Å². The summed E-state index contributed by atoms with van der Waals surface area (Å²) in [5.74, 6) is 1.72. The van der Waals surface area contributed by atoms with Crippen molar-refractivity contribution in [1.82, 2.24) is 14.9 Å². The summed E-state index contributed by atoms with van der Waals surface area (Å²) < 4.78 is 18.9. The molecule has 1 aromatic heterocycles. The van der Waals surface area contributed by atoms with E-state index in [9.17, 15) is 0 Å². The van der Waals surface area contributed by atoms with E-state index in [1.165, 1.54) is 5.56 Å². The molecule has 6 nitrogen and oxygen atoms in total. The van der Waals surface area contributed by atoms with E-state index in [4.69, 9.17) is 14.2 Å². The lowest BCUT2D eigenvalue weighted by Crippen LogP contribution is -2.41. The Morgan fingerprint density at radius 1 is 1.31 bits per heavy atom. The maximum absolute atomic E-state index is 5.96. The van der Waals surface area contributed by atoms with E-state index in [1.807, 2.05) is 25.6 Å². The van der Waals surface area contributed by atoms with Crippen molar-refractivity contribution in [1.29, 1.82) is 0 Å². The first kappa shape index (κ1) is 17.4. The van der Waals surface area contributed by atoms with E-state index in [-0.39, 0.29) is 6.10 Å². The van der Waals surface area contributed by atoms with Crippen molar-refractivity contribution < 1.29 is 14.2 Å². The quantitative estimate of drug-likeness (QED) is 0.861. The van der Waals surface area contributed by atoms with Gasteiger partial charge in [-0.15, -0.1) is 0 Å². The topological polar surface area (TPSA) is 57.5 Å². The van der Waals surface area contributed by atoms with Gasteiger partial charge in [0.05, 0.1) is 18.2 Å². The van der Waals surface area contributed by atoms with E-state index in [2.05, 4.69) is 33.9 Å². The van der Waals surface area contributed by atoms with Gasteiger partial charge in [0, 0.05) is 25.7 Å². The van der Waals surface area contributed by atoms with Crippen LogP contribution in [0.2, 0.25) is 0 Å². The molecule has 1 saturated heterocycles. The second-order valence-electron chi connectivity index (χ2n) is 7.30. The third kappa shape index (κ3) is 3.86. The van der Waals surface area contributed by atoms with Crippen LogP contribution in [-0.4, -0.2) is 35.0 Å². The molecule has 2 aliphatic heterocycles. The number of fused-ring (bicyclic) bond motifs is 1. The minimum atomic E-state index is 0.134. The van der Waals surface area contributed by atoms with Crippen LogP contribution in [0.4, 0.5) is 0 Å². The van der Waals surface area contributed by atoms with Crippen LogP contribution in [-0.2, 0) is 18.2 Å². The van der Waals surface area contributed by atoms with E-state index in [0.717, 1.165) is 49.5 Å². The standard InChI is InChI=1S/C20H27N3O3/c1-14(3-4-15-5-6-18-20(9-15)26-13-25-18)22-16-7-8-24-19(10-16)17-11-21-12-23(17)2/h5-6,9,11-12,14,16,19,22H,3-4,7-8,10,13H2,1-2H3/t14-,16-,19-/m1/s1. The molecule has 1 aromatic carbocycles. The third-order valence-electron chi connectivity index (χ3n) is 5.29. The molecule has 0 unspecified atom stereocenters. The minimum Gasteiger partial charge on any atom is -0.454 e. The molecule has 0 spiro atoms. The summed E-state index contributed by atoms with van der Waals surface area (Å²) in [6.45, 7) is 3.39. The highest BCUT2D eigenvalue weighted by molar-refractivity contribution is 5.44. The van der Waals surface area contributed by atoms with Gasteiger partial charge < -0.3 is 24.1 Å². The first-order chi connectivity index (χ1) is 12.7. The van der Waals surface area contributed by atoms with Crippen LogP contribution in [0.25, 0.3) is 0 Å². The Morgan fingerprint density at radius 3 is 3.04 bits per heavy atom. The van der Waals surface area contributed by atoms with Crippen LogP contribution >= 0.6 is 0 Å². The Kier molecular flexibility index (Phi) is 5.13. The summed E-state index contributed by atoms with van der Waals surface area (Å²) in [6, 6.07) is 7.17. The molecule has 3 heterocycles. The Hall–Kier alpha value is -2.05. The largest absolute Gasteiger partial charge is 0.454 e. The maximum Gasteiger partial charge on any atom is 0.231 e. The van der Waals surface area contributed by atoms with E-state index in [1.54, 1.807) is 0 Å². The van der Waals surface area contributed by atoms with Gasteiger partial charge in [0.25, 0.3) is 0 Å². The molecular weight excluding hydrogens is 330 g/mol. The normalized spacial score (nSPS) is 23.2. The summed E-state index contributed by atoms with van der Waals surface area (Å²) in [4.78, 5) is 4.21. The number of nitrogens with zero attached hydrogens (tertiary/aromatic N) is 2. The lowest BCUT2D eigenvalue weighted by atomic mass is 9.99. The van der Waals surface area contributed by atoms with E-state index < -0.39 is 0 Å². The summed E-state index contributed by atoms with van der Waals surface area (Å²) in [5, 5.41) is 3.79. The molecule has 0 saturated carbocycles. The molecule has 0 bridgehead atoms. The Labute approximate surface area is 154 Å². The highest BCUT2D eigenvalue weighted by Gasteiger charge is 2.26. The number of nitrogens with one attached hydrogen (secondary N) is 1. The number of hydrogen-bond donors (Lipinski definition) is 1. The number of aromatic nitrogens is 2. The van der Waals surface area contributed by atoms with Crippen molar-refractivity contribution >= 4 is 0 Å². The number of ether oxygens (including phenoxy) is 3. The first-order valence-electron chi connectivity index (χ1n) is 9.41. The van der Waals surface area contributed by atoms with Gasteiger partial charge >= 0.3 is 0 Å². The predicted molar refractivity (Wildman–Crippen MR) is 98.4 cm³/mol. The Balaban J connectivity index is 1.28. The fraction of sp³-hybridized carbons (Fsp3) is 0.550. The number of rotatable bonds is 6. The van der Waals surface area contributed by atoms with Gasteiger partial charge in [0.1, 0.15) is 6.10 Å². The molecule has 2 aromatic rings. The van der Waals surface area contributed by atoms with Crippen LogP contribution in [0.3, 0.4) is 0 Å². The van der Waals surface area contributed by atoms with Crippen LogP contribution in [0.5, 0.6) is 11.5 Å². The average molecular weight is 357 g/mol. The van der Waals surface area contributed by atoms with Crippen LogP contribution < -0.4 is 14.8 Å².